The maximum Gasteiger partial charge on any atom is 0.162 e. The molecule has 1 aromatic carbocycles. The van der Waals surface area contributed by atoms with Crippen molar-refractivity contribution in [3.8, 4) is 0 Å². The number of halogens is 3. The lowest BCUT2D eigenvalue weighted by molar-refractivity contribution is 0.490. The van der Waals surface area contributed by atoms with Crippen LogP contribution in [0.4, 0.5) is 8.78 Å². The second kappa shape index (κ2) is 4.70. The molecule has 0 nitrogen and oxygen atoms in total. The maximum atomic E-state index is 13.1. The van der Waals surface area contributed by atoms with E-state index in [4.69, 9.17) is 0 Å². The molecule has 1 unspecified atom stereocenters. The van der Waals surface area contributed by atoms with Crippen LogP contribution in [0.1, 0.15) is 12.5 Å². The van der Waals surface area contributed by atoms with E-state index in [1.54, 1.807) is 6.07 Å². The molecule has 13 heavy (non-hydrogen) atoms. The van der Waals surface area contributed by atoms with Crippen molar-refractivity contribution in [2.24, 2.45) is 5.92 Å². The number of hydrogen-bond acceptors (Lipinski definition) is 0. The van der Waals surface area contributed by atoms with Crippen molar-refractivity contribution in [2.75, 3.05) is 5.33 Å². The largest absolute Gasteiger partial charge is 0.204 e. The first kappa shape index (κ1) is 10.6. The molecular formula is C10H11BrF2. The van der Waals surface area contributed by atoms with E-state index in [0.717, 1.165) is 11.4 Å². The molecule has 0 aliphatic heterocycles. The van der Waals surface area contributed by atoms with Crippen molar-refractivity contribution >= 4 is 15.9 Å². The van der Waals surface area contributed by atoms with E-state index in [-0.39, 0.29) is 0 Å². The summed E-state index contributed by atoms with van der Waals surface area (Å²) in [5.74, 6) is -1.16. The second-order valence-electron chi connectivity index (χ2n) is 3.18. The van der Waals surface area contributed by atoms with Crippen LogP contribution in [0.3, 0.4) is 0 Å². The minimum atomic E-state index is -0.765. The molecule has 0 amide bonds. The number of rotatable bonds is 3. The van der Waals surface area contributed by atoms with Gasteiger partial charge in [0.05, 0.1) is 0 Å². The molecule has 0 spiro atoms. The molecule has 0 radical (unpaired) electrons. The lowest BCUT2D eigenvalue weighted by atomic mass is 10.0. The average Bonchev–Trinajstić information content (AvgIpc) is 2.13. The van der Waals surface area contributed by atoms with Crippen LogP contribution in [0.2, 0.25) is 0 Å². The molecule has 0 fully saturated rings. The van der Waals surface area contributed by atoms with Crippen LogP contribution in [-0.4, -0.2) is 5.33 Å². The Morgan fingerprint density at radius 3 is 2.69 bits per heavy atom. The highest BCUT2D eigenvalue weighted by Gasteiger charge is 2.09. The third kappa shape index (κ3) is 2.76. The first-order chi connectivity index (χ1) is 6.15. The summed E-state index contributed by atoms with van der Waals surface area (Å²) in [5.41, 5.74) is 0.451. The van der Waals surface area contributed by atoms with Crippen LogP contribution in [-0.2, 0) is 6.42 Å². The van der Waals surface area contributed by atoms with E-state index >= 15 is 0 Å². The molecule has 0 N–H and O–H groups in total. The number of alkyl halides is 1. The highest BCUT2D eigenvalue weighted by atomic mass is 79.9. The molecule has 1 aromatic rings. The third-order valence-electron chi connectivity index (χ3n) is 1.86. The Bertz CT molecular complexity index is 286. The zero-order chi connectivity index (χ0) is 9.84. The van der Waals surface area contributed by atoms with Gasteiger partial charge >= 0.3 is 0 Å². The summed E-state index contributed by atoms with van der Waals surface area (Å²) < 4.78 is 25.9. The predicted octanol–water partition coefficient (Wildman–Crippen LogP) is 3.54. The first-order valence-corrected chi connectivity index (χ1v) is 5.26. The summed E-state index contributed by atoms with van der Waals surface area (Å²) in [6.45, 7) is 1.99. The van der Waals surface area contributed by atoms with Gasteiger partial charge in [0.2, 0.25) is 0 Å². The van der Waals surface area contributed by atoms with Crippen LogP contribution in [0.5, 0.6) is 0 Å². The molecule has 72 valence electrons. The monoisotopic (exact) mass is 248 g/mol. The Labute approximate surface area is 85.1 Å². The predicted molar refractivity (Wildman–Crippen MR) is 53.0 cm³/mol. The highest BCUT2D eigenvalue weighted by molar-refractivity contribution is 9.09. The standard InChI is InChI=1S/C10H11BrF2/c1-7(6-11)5-8-3-2-4-9(12)10(8)13/h2-4,7H,5-6H2,1H3. The van der Waals surface area contributed by atoms with Gasteiger partial charge in [-0.15, -0.1) is 0 Å². The van der Waals surface area contributed by atoms with Crippen LogP contribution in [0.15, 0.2) is 18.2 Å². The first-order valence-electron chi connectivity index (χ1n) is 4.14. The summed E-state index contributed by atoms with van der Waals surface area (Å²) in [6, 6.07) is 4.30. The molecule has 0 saturated heterocycles. The summed E-state index contributed by atoms with van der Waals surface area (Å²) in [5, 5.41) is 0.795. The Morgan fingerprint density at radius 1 is 1.38 bits per heavy atom. The van der Waals surface area contributed by atoms with Crippen molar-refractivity contribution in [1.29, 1.82) is 0 Å². The van der Waals surface area contributed by atoms with Gasteiger partial charge in [0, 0.05) is 5.33 Å². The van der Waals surface area contributed by atoms with Gasteiger partial charge < -0.3 is 0 Å². The fourth-order valence-corrected chi connectivity index (χ4v) is 1.36. The van der Waals surface area contributed by atoms with Crippen LogP contribution in [0.25, 0.3) is 0 Å². The molecule has 0 aliphatic carbocycles. The van der Waals surface area contributed by atoms with Crippen LogP contribution in [0, 0.1) is 17.6 Å². The van der Waals surface area contributed by atoms with Crippen LogP contribution >= 0.6 is 15.9 Å². The summed E-state index contributed by atoms with van der Waals surface area (Å²) in [6.07, 6.45) is 0.564. The fourth-order valence-electron chi connectivity index (χ4n) is 1.14. The van der Waals surface area contributed by atoms with E-state index in [9.17, 15) is 8.78 Å². The smallest absolute Gasteiger partial charge is 0.162 e. The van der Waals surface area contributed by atoms with E-state index in [2.05, 4.69) is 15.9 Å². The van der Waals surface area contributed by atoms with Gasteiger partial charge in [-0.1, -0.05) is 35.0 Å². The molecule has 0 aliphatic rings. The molecule has 0 bridgehead atoms. The molecule has 0 aromatic heterocycles. The Kier molecular flexibility index (Phi) is 3.85. The Morgan fingerprint density at radius 2 is 2.08 bits per heavy atom. The number of hydrogen-bond donors (Lipinski definition) is 0. The molecule has 1 rings (SSSR count). The zero-order valence-electron chi connectivity index (χ0n) is 7.36. The van der Waals surface area contributed by atoms with Crippen LogP contribution < -0.4 is 0 Å². The topological polar surface area (TPSA) is 0 Å². The fraction of sp³-hybridized carbons (Fsp3) is 0.400. The minimum Gasteiger partial charge on any atom is -0.204 e. The Balaban J connectivity index is 2.83. The highest BCUT2D eigenvalue weighted by Crippen LogP contribution is 2.16. The van der Waals surface area contributed by atoms with Gasteiger partial charge in [0.1, 0.15) is 0 Å². The van der Waals surface area contributed by atoms with Gasteiger partial charge in [0.25, 0.3) is 0 Å². The molecule has 0 heterocycles. The summed E-state index contributed by atoms with van der Waals surface area (Å²) >= 11 is 3.30. The molecule has 1 atom stereocenters. The van der Waals surface area contributed by atoms with E-state index in [0.29, 0.717) is 17.9 Å². The summed E-state index contributed by atoms with van der Waals surface area (Å²) in [7, 11) is 0. The summed E-state index contributed by atoms with van der Waals surface area (Å²) in [4.78, 5) is 0. The van der Waals surface area contributed by atoms with Gasteiger partial charge in [0.15, 0.2) is 11.6 Å². The lowest BCUT2D eigenvalue weighted by Crippen LogP contribution is -2.03. The average molecular weight is 249 g/mol. The van der Waals surface area contributed by atoms with Crippen molar-refractivity contribution in [2.45, 2.75) is 13.3 Å². The van der Waals surface area contributed by atoms with Crippen molar-refractivity contribution in [1.82, 2.24) is 0 Å². The van der Waals surface area contributed by atoms with E-state index in [1.807, 2.05) is 6.92 Å². The normalized spacial score (nSPS) is 12.9. The third-order valence-corrected chi connectivity index (χ3v) is 2.97. The SMILES string of the molecule is CC(CBr)Cc1cccc(F)c1F. The van der Waals surface area contributed by atoms with Gasteiger partial charge in [-0.2, -0.15) is 0 Å². The van der Waals surface area contributed by atoms with Crippen molar-refractivity contribution < 1.29 is 8.78 Å². The van der Waals surface area contributed by atoms with Gasteiger partial charge in [-0.05, 0) is 24.0 Å². The molecule has 3 heteroatoms. The van der Waals surface area contributed by atoms with Gasteiger partial charge in [-0.3, -0.25) is 0 Å². The quantitative estimate of drug-likeness (QED) is 0.719. The lowest BCUT2D eigenvalue weighted by Gasteiger charge is -2.08. The number of benzene rings is 1. The van der Waals surface area contributed by atoms with Gasteiger partial charge in [-0.25, -0.2) is 8.78 Å². The van der Waals surface area contributed by atoms with Crippen molar-refractivity contribution in [3.63, 3.8) is 0 Å². The second-order valence-corrected chi connectivity index (χ2v) is 3.82. The molecular weight excluding hydrogens is 238 g/mol. The van der Waals surface area contributed by atoms with E-state index < -0.39 is 11.6 Å². The molecule has 0 saturated carbocycles. The Hall–Kier alpha value is -0.440. The minimum absolute atomic E-state index is 0.316. The maximum absolute atomic E-state index is 13.1. The zero-order valence-corrected chi connectivity index (χ0v) is 8.94. The van der Waals surface area contributed by atoms with E-state index in [1.165, 1.54) is 6.07 Å². The van der Waals surface area contributed by atoms with Crippen molar-refractivity contribution in [3.05, 3.63) is 35.4 Å².